The van der Waals surface area contributed by atoms with Crippen molar-refractivity contribution in [2.24, 2.45) is 0 Å². The third-order valence-electron chi connectivity index (χ3n) is 3.36. The molecule has 0 aliphatic heterocycles. The monoisotopic (exact) mass is 284 g/mol. The molecule has 72 valence electrons. The minimum atomic E-state index is -1.94. The van der Waals surface area contributed by atoms with E-state index in [-0.39, 0.29) is 0 Å². The van der Waals surface area contributed by atoms with Crippen molar-refractivity contribution in [3.63, 3.8) is 0 Å². The molecule has 0 fully saturated rings. The molecule has 13 heavy (non-hydrogen) atoms. The first-order valence-electron chi connectivity index (χ1n) is 5.14. The van der Waals surface area contributed by atoms with Crippen LogP contribution in [0.4, 0.5) is 0 Å². The molecule has 0 N–H and O–H groups in total. The van der Waals surface area contributed by atoms with Gasteiger partial charge in [0.1, 0.15) is 0 Å². The number of benzene rings is 1. The number of hydrogen-bond acceptors (Lipinski definition) is 0. The Hall–Kier alpha value is 0.0187. The summed E-state index contributed by atoms with van der Waals surface area (Å²) < 4.78 is 2.60. The van der Waals surface area contributed by atoms with E-state index < -0.39 is 18.4 Å². The zero-order valence-electron chi connectivity index (χ0n) is 9.17. The summed E-state index contributed by atoms with van der Waals surface area (Å²) in [6.45, 7) is 4.73. The van der Waals surface area contributed by atoms with Gasteiger partial charge in [-0.1, -0.05) is 0 Å². The Morgan fingerprint density at radius 3 is 2.15 bits per heavy atom. The van der Waals surface area contributed by atoms with Crippen LogP contribution in [0.25, 0.3) is 0 Å². The molecule has 0 heterocycles. The van der Waals surface area contributed by atoms with Crippen molar-refractivity contribution in [1.82, 2.24) is 0 Å². The molecule has 0 radical (unpaired) electrons. The first-order valence-corrected chi connectivity index (χ1v) is 13.9. The summed E-state index contributed by atoms with van der Waals surface area (Å²) in [4.78, 5) is 5.08. The van der Waals surface area contributed by atoms with E-state index in [0.29, 0.717) is 0 Å². The minimum absolute atomic E-state index is 0.941. The fourth-order valence-electron chi connectivity index (χ4n) is 1.66. The summed E-state index contributed by atoms with van der Waals surface area (Å²) in [5.41, 5.74) is 0. The Balaban J connectivity index is 2.93. The van der Waals surface area contributed by atoms with E-state index in [1.807, 2.05) is 0 Å². The van der Waals surface area contributed by atoms with E-state index >= 15 is 0 Å². The molecule has 1 atom stereocenters. The summed E-state index contributed by atoms with van der Waals surface area (Å²) in [7, 11) is 0. The van der Waals surface area contributed by atoms with Crippen molar-refractivity contribution in [1.29, 1.82) is 0 Å². The Kier molecular flexibility index (Phi) is 3.84. The molecule has 0 saturated heterocycles. The average molecular weight is 283 g/mol. The van der Waals surface area contributed by atoms with Crippen molar-refractivity contribution in [3.8, 4) is 0 Å². The molecule has 0 amide bonds. The van der Waals surface area contributed by atoms with Crippen molar-refractivity contribution in [3.05, 3.63) is 30.3 Å². The summed E-state index contributed by atoms with van der Waals surface area (Å²) in [5, 5.41) is 0. The second-order valence-electron chi connectivity index (χ2n) is 4.40. The maximum atomic E-state index is 2.54. The van der Waals surface area contributed by atoms with Gasteiger partial charge >= 0.3 is 86.4 Å². The van der Waals surface area contributed by atoms with E-state index in [0.717, 1.165) is 3.93 Å². The van der Waals surface area contributed by atoms with Crippen LogP contribution >= 0.6 is 0 Å². The number of rotatable bonds is 3. The maximum absolute atomic E-state index is 2.54. The zero-order chi connectivity index (χ0) is 9.90. The molecular weight excluding hydrogens is 263 g/mol. The summed E-state index contributed by atoms with van der Waals surface area (Å²) >= 11 is -1.94. The molecule has 1 heteroatoms. The van der Waals surface area contributed by atoms with Crippen LogP contribution in [0.1, 0.15) is 20.3 Å². The van der Waals surface area contributed by atoms with Gasteiger partial charge in [0.2, 0.25) is 0 Å². The van der Waals surface area contributed by atoms with Gasteiger partial charge in [0, 0.05) is 0 Å². The van der Waals surface area contributed by atoms with E-state index in [9.17, 15) is 0 Å². The summed E-state index contributed by atoms with van der Waals surface area (Å²) in [6.07, 6.45) is 1.33. The Bertz CT molecular complexity index is 251. The van der Waals surface area contributed by atoms with E-state index in [1.165, 1.54) is 6.42 Å². The molecule has 0 saturated carbocycles. The van der Waals surface area contributed by atoms with Crippen LogP contribution in [-0.2, 0) is 0 Å². The van der Waals surface area contributed by atoms with Crippen LogP contribution in [0, 0.1) is 0 Å². The van der Waals surface area contributed by atoms with Gasteiger partial charge in [0.05, 0.1) is 0 Å². The molecule has 0 aliphatic carbocycles. The zero-order valence-corrected chi connectivity index (χ0v) is 12.0. The third kappa shape index (κ3) is 2.49. The molecule has 0 aromatic heterocycles. The van der Waals surface area contributed by atoms with Gasteiger partial charge in [0.15, 0.2) is 0 Å². The van der Waals surface area contributed by atoms with Crippen LogP contribution in [0.15, 0.2) is 30.3 Å². The SMILES string of the molecule is CC[CH](C)[Sn]([CH3])([CH3])[c]1ccccc1. The van der Waals surface area contributed by atoms with Crippen molar-refractivity contribution in [2.45, 2.75) is 34.1 Å². The Morgan fingerprint density at radius 2 is 1.69 bits per heavy atom. The summed E-state index contributed by atoms with van der Waals surface area (Å²) in [6, 6.07) is 11.1. The molecule has 1 unspecified atom stereocenters. The van der Waals surface area contributed by atoms with Crippen LogP contribution in [0.2, 0.25) is 13.8 Å². The molecule has 1 rings (SSSR count). The molecule has 1 aromatic carbocycles. The van der Waals surface area contributed by atoms with Gasteiger partial charge < -0.3 is 0 Å². The molecule has 0 aliphatic rings. The van der Waals surface area contributed by atoms with Gasteiger partial charge in [-0.05, 0) is 0 Å². The van der Waals surface area contributed by atoms with Crippen LogP contribution in [0.3, 0.4) is 0 Å². The van der Waals surface area contributed by atoms with Gasteiger partial charge in [-0.2, -0.15) is 0 Å². The van der Waals surface area contributed by atoms with Gasteiger partial charge in [-0.25, -0.2) is 0 Å². The second-order valence-corrected chi connectivity index (χ2v) is 18.7. The topological polar surface area (TPSA) is 0 Å². The van der Waals surface area contributed by atoms with Crippen LogP contribution in [-0.4, -0.2) is 18.4 Å². The normalized spacial score (nSPS) is 14.2. The van der Waals surface area contributed by atoms with E-state index in [1.54, 1.807) is 3.58 Å². The van der Waals surface area contributed by atoms with Crippen LogP contribution in [0.5, 0.6) is 0 Å². The van der Waals surface area contributed by atoms with Crippen LogP contribution < -0.4 is 3.58 Å². The van der Waals surface area contributed by atoms with E-state index in [4.69, 9.17) is 0 Å². The summed E-state index contributed by atoms with van der Waals surface area (Å²) in [5.74, 6) is 0. The second kappa shape index (κ2) is 4.49. The first kappa shape index (κ1) is 11.1. The van der Waals surface area contributed by atoms with Crippen molar-refractivity contribution < 1.29 is 0 Å². The first-order chi connectivity index (χ1) is 6.09. The van der Waals surface area contributed by atoms with Crippen molar-refractivity contribution in [2.75, 3.05) is 0 Å². The fraction of sp³-hybridized carbons (Fsp3) is 0.500. The quantitative estimate of drug-likeness (QED) is 0.746. The fourth-order valence-corrected chi connectivity index (χ4v) is 9.20. The van der Waals surface area contributed by atoms with Crippen molar-refractivity contribution >= 4 is 22.0 Å². The average Bonchev–Trinajstić information content (AvgIpc) is 2.18. The molecule has 0 bridgehead atoms. The van der Waals surface area contributed by atoms with E-state index in [2.05, 4.69) is 54.1 Å². The third-order valence-corrected chi connectivity index (χ3v) is 16.8. The molecular formula is C12H20Sn. The molecule has 0 nitrogen and oxygen atoms in total. The Labute approximate surface area is 86.2 Å². The predicted molar refractivity (Wildman–Crippen MR) is 63.3 cm³/mol. The molecule has 1 aromatic rings. The predicted octanol–water partition coefficient (Wildman–Crippen LogP) is 3.40. The number of hydrogen-bond donors (Lipinski definition) is 0. The van der Waals surface area contributed by atoms with Gasteiger partial charge in [-0.15, -0.1) is 0 Å². The molecule has 0 spiro atoms. The van der Waals surface area contributed by atoms with Gasteiger partial charge in [-0.3, -0.25) is 0 Å². The Morgan fingerprint density at radius 1 is 1.15 bits per heavy atom. The van der Waals surface area contributed by atoms with Gasteiger partial charge in [0.25, 0.3) is 0 Å². The standard InChI is InChI=1S/C6H5.C4H9.2CH3.Sn/c1-2-4-6-5-3-1;1-3-4-2;;;/h1-5H;3H,4H2,1-2H3;2*1H3;.